The molecule has 1 aliphatic heterocycles. The van der Waals surface area contributed by atoms with Crippen molar-refractivity contribution in [2.75, 3.05) is 17.2 Å². The van der Waals surface area contributed by atoms with Gasteiger partial charge in [0.25, 0.3) is 0 Å². The number of hydrogen-bond acceptors (Lipinski definition) is 2. The number of rotatable bonds is 2. The monoisotopic (exact) mass is 280 g/mol. The third kappa shape index (κ3) is 2.51. The van der Waals surface area contributed by atoms with Crippen molar-refractivity contribution < 1.29 is 4.79 Å². The van der Waals surface area contributed by atoms with Gasteiger partial charge in [-0.1, -0.05) is 29.8 Å². The van der Waals surface area contributed by atoms with Gasteiger partial charge in [-0.3, -0.25) is 4.79 Å². The Morgan fingerprint density at radius 3 is 2.86 bits per heavy atom. The molecule has 0 saturated heterocycles. The summed E-state index contributed by atoms with van der Waals surface area (Å²) >= 11 is 0. The highest BCUT2D eigenvalue weighted by molar-refractivity contribution is 5.97. The lowest BCUT2D eigenvalue weighted by Gasteiger charge is -2.18. The average Bonchev–Trinajstić information content (AvgIpc) is 2.88. The molecule has 0 fully saturated rings. The van der Waals surface area contributed by atoms with Crippen LogP contribution in [0, 0.1) is 13.8 Å². The molecule has 3 rings (SSSR count). The molecule has 0 aromatic heterocycles. The van der Waals surface area contributed by atoms with Crippen LogP contribution in [0.5, 0.6) is 0 Å². The van der Waals surface area contributed by atoms with Crippen molar-refractivity contribution in [1.29, 1.82) is 0 Å². The summed E-state index contributed by atoms with van der Waals surface area (Å²) in [4.78, 5) is 14.5. The molecule has 0 saturated carbocycles. The van der Waals surface area contributed by atoms with E-state index in [9.17, 15) is 4.79 Å². The van der Waals surface area contributed by atoms with Crippen molar-refractivity contribution in [2.24, 2.45) is 0 Å². The number of hydrogen-bond donors (Lipinski definition) is 1. The third-order valence-electron chi connectivity index (χ3n) is 4.21. The first-order chi connectivity index (χ1) is 10.1. The second kappa shape index (κ2) is 5.24. The summed E-state index contributed by atoms with van der Waals surface area (Å²) in [6.07, 6.45) is 1.29. The zero-order valence-corrected chi connectivity index (χ0v) is 12.5. The molecule has 0 aliphatic carbocycles. The highest BCUT2D eigenvalue weighted by atomic mass is 16.2. The fourth-order valence-corrected chi connectivity index (χ4v) is 2.97. The molecule has 108 valence electrons. The number of nitrogen functional groups attached to an aromatic ring is 1. The summed E-state index contributed by atoms with van der Waals surface area (Å²) in [5.41, 5.74) is 12.3. The second-order valence-electron chi connectivity index (χ2n) is 5.75. The summed E-state index contributed by atoms with van der Waals surface area (Å²) in [6, 6.07) is 12.1. The molecule has 21 heavy (non-hydrogen) atoms. The molecule has 0 spiro atoms. The van der Waals surface area contributed by atoms with Crippen LogP contribution in [0.15, 0.2) is 36.4 Å². The lowest BCUT2D eigenvalue weighted by Crippen LogP contribution is -2.30. The number of anilines is 2. The molecular weight excluding hydrogens is 260 g/mol. The molecule has 1 amide bonds. The van der Waals surface area contributed by atoms with E-state index in [0.29, 0.717) is 6.42 Å². The van der Waals surface area contributed by atoms with Crippen LogP contribution in [0.2, 0.25) is 0 Å². The third-order valence-corrected chi connectivity index (χ3v) is 4.21. The predicted octanol–water partition coefficient (Wildman–Crippen LogP) is 3.02. The number of amides is 1. The van der Waals surface area contributed by atoms with E-state index < -0.39 is 0 Å². The van der Waals surface area contributed by atoms with E-state index in [2.05, 4.69) is 32.0 Å². The minimum atomic E-state index is 0.146. The van der Waals surface area contributed by atoms with Crippen molar-refractivity contribution in [3.63, 3.8) is 0 Å². The van der Waals surface area contributed by atoms with Crippen molar-refractivity contribution >= 4 is 17.3 Å². The smallest absolute Gasteiger partial charge is 0.231 e. The molecule has 2 aromatic carbocycles. The molecule has 3 heteroatoms. The number of carbonyl (C=O) groups is 1. The van der Waals surface area contributed by atoms with Crippen molar-refractivity contribution in [3.05, 3.63) is 58.7 Å². The Morgan fingerprint density at radius 1 is 1.24 bits per heavy atom. The molecule has 3 nitrogen and oxygen atoms in total. The molecule has 0 unspecified atom stereocenters. The zero-order valence-electron chi connectivity index (χ0n) is 12.5. The SMILES string of the molecule is Cc1ccc(C)c(CC(=O)N2CCc3c(N)cccc32)c1. The second-order valence-corrected chi connectivity index (χ2v) is 5.75. The predicted molar refractivity (Wildman–Crippen MR) is 86.5 cm³/mol. The molecule has 0 atom stereocenters. The zero-order chi connectivity index (χ0) is 15.0. The fraction of sp³-hybridized carbons (Fsp3) is 0.278. The Morgan fingerprint density at radius 2 is 2.05 bits per heavy atom. The standard InChI is InChI=1S/C18H20N2O/c1-12-6-7-13(2)14(10-12)11-18(21)20-9-8-15-16(19)4-3-5-17(15)20/h3-7,10H,8-9,11,19H2,1-2H3. The van der Waals surface area contributed by atoms with Crippen LogP contribution in [0.4, 0.5) is 11.4 Å². The van der Waals surface area contributed by atoms with Gasteiger partial charge in [-0.05, 0) is 43.5 Å². The van der Waals surface area contributed by atoms with Gasteiger partial charge in [0, 0.05) is 23.5 Å². The molecule has 1 aliphatic rings. The van der Waals surface area contributed by atoms with Crippen molar-refractivity contribution in [1.82, 2.24) is 0 Å². The van der Waals surface area contributed by atoms with Crippen LogP contribution in [-0.2, 0) is 17.6 Å². The van der Waals surface area contributed by atoms with Crippen LogP contribution in [-0.4, -0.2) is 12.5 Å². The van der Waals surface area contributed by atoms with E-state index in [1.807, 2.05) is 23.1 Å². The van der Waals surface area contributed by atoms with Gasteiger partial charge >= 0.3 is 0 Å². The van der Waals surface area contributed by atoms with Crippen molar-refractivity contribution in [2.45, 2.75) is 26.7 Å². The van der Waals surface area contributed by atoms with Crippen LogP contribution in [0.25, 0.3) is 0 Å². The Kier molecular flexibility index (Phi) is 3.42. The van der Waals surface area contributed by atoms with Gasteiger partial charge in [0.2, 0.25) is 5.91 Å². The number of nitrogens with zero attached hydrogens (tertiary/aromatic N) is 1. The maximum atomic E-state index is 12.6. The number of fused-ring (bicyclic) bond motifs is 1. The van der Waals surface area contributed by atoms with Crippen LogP contribution in [0.1, 0.15) is 22.3 Å². The quantitative estimate of drug-likeness (QED) is 0.860. The van der Waals surface area contributed by atoms with Gasteiger partial charge in [-0.25, -0.2) is 0 Å². The van der Waals surface area contributed by atoms with E-state index in [-0.39, 0.29) is 5.91 Å². The average molecular weight is 280 g/mol. The van der Waals surface area contributed by atoms with Gasteiger partial charge in [-0.15, -0.1) is 0 Å². The van der Waals surface area contributed by atoms with E-state index in [0.717, 1.165) is 35.5 Å². The van der Waals surface area contributed by atoms with Crippen LogP contribution in [0.3, 0.4) is 0 Å². The van der Waals surface area contributed by atoms with E-state index >= 15 is 0 Å². The summed E-state index contributed by atoms with van der Waals surface area (Å²) in [7, 11) is 0. The van der Waals surface area contributed by atoms with E-state index in [1.165, 1.54) is 11.1 Å². The summed E-state index contributed by atoms with van der Waals surface area (Å²) in [5, 5.41) is 0. The molecule has 2 N–H and O–H groups in total. The van der Waals surface area contributed by atoms with Gasteiger partial charge in [0.15, 0.2) is 0 Å². The first-order valence-electron chi connectivity index (χ1n) is 7.30. The van der Waals surface area contributed by atoms with Gasteiger partial charge in [0.1, 0.15) is 0 Å². The highest BCUT2D eigenvalue weighted by Crippen LogP contribution is 2.32. The van der Waals surface area contributed by atoms with Gasteiger partial charge in [-0.2, -0.15) is 0 Å². The van der Waals surface area contributed by atoms with Crippen LogP contribution < -0.4 is 10.6 Å². The molecule has 0 radical (unpaired) electrons. The van der Waals surface area contributed by atoms with Gasteiger partial charge in [0.05, 0.1) is 6.42 Å². The number of carbonyl (C=O) groups excluding carboxylic acids is 1. The molecular formula is C18H20N2O. The maximum absolute atomic E-state index is 12.6. The molecule has 0 bridgehead atoms. The van der Waals surface area contributed by atoms with E-state index in [1.54, 1.807) is 0 Å². The fourth-order valence-electron chi connectivity index (χ4n) is 2.97. The van der Waals surface area contributed by atoms with Crippen LogP contribution >= 0.6 is 0 Å². The Hall–Kier alpha value is -2.29. The number of aryl methyl sites for hydroxylation is 2. The van der Waals surface area contributed by atoms with Crippen molar-refractivity contribution in [3.8, 4) is 0 Å². The first-order valence-corrected chi connectivity index (χ1v) is 7.30. The molecule has 1 heterocycles. The highest BCUT2D eigenvalue weighted by Gasteiger charge is 2.26. The minimum Gasteiger partial charge on any atom is -0.398 e. The minimum absolute atomic E-state index is 0.146. The lowest BCUT2D eigenvalue weighted by molar-refractivity contribution is -0.117. The largest absolute Gasteiger partial charge is 0.398 e. The molecule has 2 aromatic rings. The topological polar surface area (TPSA) is 46.3 Å². The Labute approximate surface area is 125 Å². The summed E-state index contributed by atoms with van der Waals surface area (Å²) in [5.74, 6) is 0.146. The normalized spacial score (nSPS) is 13.3. The lowest BCUT2D eigenvalue weighted by atomic mass is 10.0. The number of benzene rings is 2. The summed E-state index contributed by atoms with van der Waals surface area (Å²) in [6.45, 7) is 4.84. The summed E-state index contributed by atoms with van der Waals surface area (Å²) < 4.78 is 0. The maximum Gasteiger partial charge on any atom is 0.231 e. The Balaban J connectivity index is 1.85. The number of nitrogens with two attached hydrogens (primary N) is 1. The first kappa shape index (κ1) is 13.7. The van der Waals surface area contributed by atoms with E-state index in [4.69, 9.17) is 5.73 Å². The van der Waals surface area contributed by atoms with Gasteiger partial charge < -0.3 is 10.6 Å². The Bertz CT molecular complexity index is 706.